The molecule has 0 unspecified atom stereocenters. The van der Waals surface area contributed by atoms with E-state index in [1.54, 1.807) is 0 Å². The van der Waals surface area contributed by atoms with Crippen molar-refractivity contribution in [2.45, 2.75) is 46.1 Å². The van der Waals surface area contributed by atoms with E-state index >= 15 is 0 Å². The van der Waals surface area contributed by atoms with Crippen molar-refractivity contribution in [1.29, 1.82) is 0 Å². The fourth-order valence-corrected chi connectivity index (χ4v) is 1.55. The minimum Gasteiger partial charge on any atom is -0.444 e. The molecule has 0 radical (unpaired) electrons. The van der Waals surface area contributed by atoms with Gasteiger partial charge in [0.2, 0.25) is 0 Å². The minimum absolute atomic E-state index is 0.279. The summed E-state index contributed by atoms with van der Waals surface area (Å²) in [5, 5.41) is 2.61. The van der Waals surface area contributed by atoms with Crippen LogP contribution in [0, 0.1) is 11.8 Å². The molecule has 3 nitrogen and oxygen atoms in total. The zero-order valence-corrected chi connectivity index (χ0v) is 12.9. The Bertz CT molecular complexity index is 516. The third kappa shape index (κ3) is 6.29. The van der Waals surface area contributed by atoms with E-state index in [0.717, 1.165) is 5.56 Å². The number of alkyl carbamates (subject to hydrolysis) is 1. The maximum atomic E-state index is 11.4. The van der Waals surface area contributed by atoms with Crippen LogP contribution in [0.5, 0.6) is 0 Å². The summed E-state index contributed by atoms with van der Waals surface area (Å²) in [6, 6.07) is 8.13. The number of hydrogen-bond donors (Lipinski definition) is 1. The van der Waals surface area contributed by atoms with Crippen molar-refractivity contribution in [3.63, 3.8) is 0 Å². The van der Waals surface area contributed by atoms with Gasteiger partial charge in [-0.1, -0.05) is 37.8 Å². The lowest BCUT2D eigenvalue weighted by Gasteiger charge is -2.19. The summed E-state index contributed by atoms with van der Waals surface area (Å²) >= 11 is 0. The molecule has 1 aromatic rings. The van der Waals surface area contributed by atoms with Crippen molar-refractivity contribution < 1.29 is 9.53 Å². The lowest BCUT2D eigenvalue weighted by molar-refractivity contribution is 0.0535. The van der Waals surface area contributed by atoms with Gasteiger partial charge >= 0.3 is 6.09 Å². The first kappa shape index (κ1) is 16.1. The lowest BCUT2D eigenvalue weighted by atomic mass is 10.0. The van der Waals surface area contributed by atoms with Crippen LogP contribution in [0.2, 0.25) is 0 Å². The highest BCUT2D eigenvalue weighted by molar-refractivity contribution is 5.68. The molecule has 3 heteroatoms. The number of ether oxygens (including phenoxy) is 1. The Morgan fingerprint density at radius 3 is 2.65 bits per heavy atom. The SMILES string of the molecule is CC(C)c1cccc(C#CCNC(=O)OC(C)(C)C)c1. The molecule has 0 bridgehead atoms. The second kappa shape index (κ2) is 7.00. The van der Waals surface area contributed by atoms with Crippen LogP contribution in [0.15, 0.2) is 24.3 Å². The van der Waals surface area contributed by atoms with Crippen LogP contribution in [0.25, 0.3) is 0 Å². The molecule has 0 spiro atoms. The van der Waals surface area contributed by atoms with E-state index in [0.29, 0.717) is 5.92 Å². The molecule has 0 fully saturated rings. The highest BCUT2D eigenvalue weighted by Gasteiger charge is 2.14. The predicted octanol–water partition coefficient (Wildman–Crippen LogP) is 3.69. The molecule has 0 heterocycles. The van der Waals surface area contributed by atoms with Crippen molar-refractivity contribution >= 4 is 6.09 Å². The van der Waals surface area contributed by atoms with E-state index in [-0.39, 0.29) is 6.54 Å². The van der Waals surface area contributed by atoms with Gasteiger partial charge in [-0.05, 0) is 44.4 Å². The Kier molecular flexibility index (Phi) is 5.64. The summed E-state index contributed by atoms with van der Waals surface area (Å²) in [4.78, 5) is 11.4. The number of amides is 1. The molecule has 1 aromatic carbocycles. The van der Waals surface area contributed by atoms with Crippen LogP contribution in [0.1, 0.15) is 51.7 Å². The van der Waals surface area contributed by atoms with Gasteiger partial charge in [-0.15, -0.1) is 0 Å². The molecule has 0 aliphatic rings. The lowest BCUT2D eigenvalue weighted by Crippen LogP contribution is -2.32. The molecular weight excluding hydrogens is 250 g/mol. The zero-order valence-electron chi connectivity index (χ0n) is 12.9. The number of rotatable bonds is 2. The Labute approximate surface area is 121 Å². The zero-order chi connectivity index (χ0) is 15.2. The summed E-state index contributed by atoms with van der Waals surface area (Å²) in [6.07, 6.45) is -0.442. The molecular formula is C17H23NO2. The van der Waals surface area contributed by atoms with E-state index in [1.165, 1.54) is 5.56 Å². The van der Waals surface area contributed by atoms with E-state index in [2.05, 4.69) is 43.1 Å². The summed E-state index contributed by atoms with van der Waals surface area (Å²) in [6.45, 7) is 10.1. The first-order valence-electron chi connectivity index (χ1n) is 6.83. The highest BCUT2D eigenvalue weighted by Crippen LogP contribution is 2.14. The maximum absolute atomic E-state index is 11.4. The Hall–Kier alpha value is -1.95. The summed E-state index contributed by atoms with van der Waals surface area (Å²) < 4.78 is 5.12. The fourth-order valence-electron chi connectivity index (χ4n) is 1.55. The minimum atomic E-state index is -0.483. The number of carbonyl (C=O) groups is 1. The molecule has 1 N–H and O–H groups in total. The summed E-state index contributed by atoms with van der Waals surface area (Å²) in [5.74, 6) is 6.44. The molecule has 1 rings (SSSR count). The van der Waals surface area contributed by atoms with Gasteiger partial charge in [0.05, 0.1) is 6.54 Å². The van der Waals surface area contributed by atoms with E-state index in [9.17, 15) is 4.79 Å². The van der Waals surface area contributed by atoms with Gasteiger partial charge in [-0.25, -0.2) is 4.79 Å². The summed E-state index contributed by atoms with van der Waals surface area (Å²) in [5.41, 5.74) is 1.74. The van der Waals surface area contributed by atoms with Gasteiger partial charge in [0.15, 0.2) is 0 Å². The average Bonchev–Trinajstić information content (AvgIpc) is 2.33. The van der Waals surface area contributed by atoms with Gasteiger partial charge in [0, 0.05) is 5.56 Å². The van der Waals surface area contributed by atoms with Crippen molar-refractivity contribution in [3.05, 3.63) is 35.4 Å². The van der Waals surface area contributed by atoms with Crippen LogP contribution >= 0.6 is 0 Å². The maximum Gasteiger partial charge on any atom is 0.408 e. The predicted molar refractivity (Wildman–Crippen MR) is 81.6 cm³/mol. The topological polar surface area (TPSA) is 38.3 Å². The highest BCUT2D eigenvalue weighted by atomic mass is 16.6. The molecule has 1 amide bonds. The Balaban J connectivity index is 2.51. The Morgan fingerprint density at radius 1 is 1.35 bits per heavy atom. The quantitative estimate of drug-likeness (QED) is 0.835. The largest absolute Gasteiger partial charge is 0.444 e. The van der Waals surface area contributed by atoms with Crippen molar-refractivity contribution in [2.24, 2.45) is 0 Å². The van der Waals surface area contributed by atoms with Crippen LogP contribution in [0.3, 0.4) is 0 Å². The number of nitrogens with one attached hydrogen (secondary N) is 1. The number of benzene rings is 1. The Morgan fingerprint density at radius 2 is 2.05 bits per heavy atom. The molecule has 108 valence electrons. The van der Waals surface area contributed by atoms with Crippen LogP contribution in [-0.4, -0.2) is 18.2 Å². The first-order valence-corrected chi connectivity index (χ1v) is 6.83. The second-order valence-electron chi connectivity index (χ2n) is 5.94. The monoisotopic (exact) mass is 273 g/mol. The summed E-state index contributed by atoms with van der Waals surface area (Å²) in [7, 11) is 0. The second-order valence-corrected chi connectivity index (χ2v) is 5.94. The standard InChI is InChI=1S/C17H23NO2/c1-13(2)15-10-6-8-14(12-15)9-7-11-18-16(19)20-17(3,4)5/h6,8,10,12-13H,11H2,1-5H3,(H,18,19). The van der Waals surface area contributed by atoms with E-state index in [4.69, 9.17) is 4.74 Å². The van der Waals surface area contributed by atoms with Gasteiger partial charge in [-0.3, -0.25) is 0 Å². The van der Waals surface area contributed by atoms with Gasteiger partial charge in [0.1, 0.15) is 5.60 Å². The van der Waals surface area contributed by atoms with Crippen molar-refractivity contribution in [1.82, 2.24) is 5.32 Å². The van der Waals surface area contributed by atoms with Gasteiger partial charge < -0.3 is 10.1 Å². The smallest absolute Gasteiger partial charge is 0.408 e. The molecule has 0 aromatic heterocycles. The van der Waals surface area contributed by atoms with Gasteiger partial charge in [0.25, 0.3) is 0 Å². The fraction of sp³-hybridized carbons (Fsp3) is 0.471. The first-order chi connectivity index (χ1) is 9.28. The molecule has 0 saturated heterocycles. The van der Waals surface area contributed by atoms with Crippen LogP contribution in [-0.2, 0) is 4.74 Å². The number of hydrogen-bond acceptors (Lipinski definition) is 2. The molecule has 0 saturated carbocycles. The molecule has 0 aliphatic carbocycles. The molecule has 20 heavy (non-hydrogen) atoms. The van der Waals surface area contributed by atoms with Gasteiger partial charge in [-0.2, -0.15) is 0 Å². The normalized spacial score (nSPS) is 10.7. The average molecular weight is 273 g/mol. The molecule has 0 atom stereocenters. The third-order valence-electron chi connectivity index (χ3n) is 2.51. The van der Waals surface area contributed by atoms with E-state index in [1.807, 2.05) is 32.9 Å². The number of carbonyl (C=O) groups excluding carboxylic acids is 1. The molecule has 0 aliphatic heterocycles. The third-order valence-corrected chi connectivity index (χ3v) is 2.51. The van der Waals surface area contributed by atoms with Crippen LogP contribution < -0.4 is 5.32 Å². The van der Waals surface area contributed by atoms with Crippen molar-refractivity contribution in [2.75, 3.05) is 6.54 Å². The van der Waals surface area contributed by atoms with Crippen LogP contribution in [0.4, 0.5) is 4.79 Å². The van der Waals surface area contributed by atoms with Crippen molar-refractivity contribution in [3.8, 4) is 11.8 Å². The van der Waals surface area contributed by atoms with E-state index < -0.39 is 11.7 Å².